The third kappa shape index (κ3) is 2.36. The number of benzene rings is 1. The molecule has 0 heterocycles. The minimum absolute atomic E-state index is 0.00639. The maximum Gasteiger partial charge on any atom is 0.179 e. The highest BCUT2D eigenvalue weighted by Crippen LogP contribution is 2.30. The fourth-order valence-electron chi connectivity index (χ4n) is 1.14. The molecule has 0 radical (unpaired) electrons. The first-order chi connectivity index (χ1) is 6.43. The predicted molar refractivity (Wildman–Crippen MR) is 63.3 cm³/mol. The number of hydrogen-bond donors (Lipinski definition) is 1. The number of phenols is 1. The van der Waals surface area contributed by atoms with Gasteiger partial charge in [0.2, 0.25) is 0 Å². The number of carbonyl (C=O) groups excluding carboxylic acids is 1. The number of hydrogen-bond acceptors (Lipinski definition) is 2. The summed E-state index contributed by atoms with van der Waals surface area (Å²) in [5.41, 5.74) is 1.28. The number of alkyl halides is 1. The van der Waals surface area contributed by atoms with Gasteiger partial charge in [-0.25, -0.2) is 0 Å². The Balaban J connectivity index is 3.27. The number of aryl methyl sites for hydroxylation is 1. The smallest absolute Gasteiger partial charge is 0.179 e. The maximum atomic E-state index is 11.6. The molecular formula is C10H10Br2O2. The van der Waals surface area contributed by atoms with Crippen molar-refractivity contribution >= 4 is 37.6 Å². The Morgan fingerprint density at radius 3 is 2.57 bits per heavy atom. The lowest BCUT2D eigenvalue weighted by atomic mass is 10.1. The Bertz CT molecular complexity index is 373. The van der Waals surface area contributed by atoms with Crippen molar-refractivity contribution in [3.05, 3.63) is 27.7 Å². The van der Waals surface area contributed by atoms with Crippen LogP contribution >= 0.6 is 31.9 Å². The van der Waals surface area contributed by atoms with Crippen molar-refractivity contribution in [2.24, 2.45) is 0 Å². The highest BCUT2D eigenvalue weighted by molar-refractivity contribution is 9.10. The summed E-state index contributed by atoms with van der Waals surface area (Å²) in [4.78, 5) is 11.4. The van der Waals surface area contributed by atoms with Crippen molar-refractivity contribution in [3.8, 4) is 5.75 Å². The first kappa shape index (κ1) is 11.7. The highest BCUT2D eigenvalue weighted by Gasteiger charge is 2.17. The summed E-state index contributed by atoms with van der Waals surface area (Å²) in [6, 6.07) is 3.45. The van der Waals surface area contributed by atoms with Gasteiger partial charge in [-0.15, -0.1) is 0 Å². The topological polar surface area (TPSA) is 37.3 Å². The van der Waals surface area contributed by atoms with E-state index in [4.69, 9.17) is 0 Å². The molecule has 0 saturated carbocycles. The zero-order chi connectivity index (χ0) is 10.9. The average molecular weight is 322 g/mol. The number of carbonyl (C=O) groups is 1. The van der Waals surface area contributed by atoms with Crippen LogP contribution in [0.25, 0.3) is 0 Å². The van der Waals surface area contributed by atoms with Crippen molar-refractivity contribution in [2.45, 2.75) is 18.7 Å². The molecule has 1 aromatic rings. The Hall–Kier alpha value is -0.350. The summed E-state index contributed by atoms with van der Waals surface area (Å²) in [5, 5.41) is 9.65. The van der Waals surface area contributed by atoms with Gasteiger partial charge in [0.1, 0.15) is 5.75 Å². The van der Waals surface area contributed by atoms with Gasteiger partial charge < -0.3 is 5.11 Å². The number of phenolic OH excluding ortho intramolecular Hbond substituents is 1. The van der Waals surface area contributed by atoms with Crippen LogP contribution in [0.5, 0.6) is 5.75 Å². The van der Waals surface area contributed by atoms with Crippen LogP contribution in [0.2, 0.25) is 0 Å². The van der Waals surface area contributed by atoms with Gasteiger partial charge in [0.05, 0.1) is 14.9 Å². The predicted octanol–water partition coefficient (Wildman–Crippen LogP) is 3.43. The highest BCUT2D eigenvalue weighted by atomic mass is 79.9. The molecule has 76 valence electrons. The van der Waals surface area contributed by atoms with Gasteiger partial charge >= 0.3 is 0 Å². The van der Waals surface area contributed by atoms with Gasteiger partial charge in [-0.2, -0.15) is 0 Å². The summed E-state index contributed by atoms with van der Waals surface area (Å²) in [6.07, 6.45) is 0. The molecule has 1 aromatic carbocycles. The van der Waals surface area contributed by atoms with Gasteiger partial charge in [0.15, 0.2) is 5.78 Å². The van der Waals surface area contributed by atoms with Crippen molar-refractivity contribution in [2.75, 3.05) is 0 Å². The second-order valence-electron chi connectivity index (χ2n) is 3.12. The molecule has 0 aliphatic heterocycles. The third-order valence-corrected chi connectivity index (χ3v) is 2.85. The Morgan fingerprint density at radius 2 is 2.07 bits per heavy atom. The van der Waals surface area contributed by atoms with Crippen LogP contribution in [-0.2, 0) is 0 Å². The first-order valence-corrected chi connectivity index (χ1v) is 5.81. The van der Waals surface area contributed by atoms with E-state index in [2.05, 4.69) is 31.9 Å². The molecule has 0 bridgehead atoms. The van der Waals surface area contributed by atoms with E-state index in [1.54, 1.807) is 19.1 Å². The summed E-state index contributed by atoms with van der Waals surface area (Å²) in [6.45, 7) is 3.61. The van der Waals surface area contributed by atoms with E-state index in [-0.39, 0.29) is 16.4 Å². The molecule has 0 amide bonds. The summed E-state index contributed by atoms with van der Waals surface area (Å²) >= 11 is 6.38. The Kier molecular flexibility index (Phi) is 3.72. The van der Waals surface area contributed by atoms with Crippen LogP contribution in [-0.4, -0.2) is 15.7 Å². The lowest BCUT2D eigenvalue weighted by Gasteiger charge is -2.08. The number of rotatable bonds is 2. The normalized spacial score (nSPS) is 12.6. The summed E-state index contributed by atoms with van der Waals surface area (Å²) in [7, 11) is 0. The molecule has 1 unspecified atom stereocenters. The lowest BCUT2D eigenvalue weighted by Crippen LogP contribution is -2.10. The molecular weight excluding hydrogens is 312 g/mol. The van der Waals surface area contributed by atoms with Crippen LogP contribution in [0, 0.1) is 6.92 Å². The van der Waals surface area contributed by atoms with Crippen molar-refractivity contribution in [3.63, 3.8) is 0 Å². The lowest BCUT2D eigenvalue weighted by molar-refractivity contribution is 0.0993. The quantitative estimate of drug-likeness (QED) is 0.669. The van der Waals surface area contributed by atoms with Gasteiger partial charge in [-0.05, 0) is 47.5 Å². The first-order valence-electron chi connectivity index (χ1n) is 4.11. The zero-order valence-corrected chi connectivity index (χ0v) is 11.0. The molecule has 0 aliphatic carbocycles. The fourth-order valence-corrected chi connectivity index (χ4v) is 1.96. The van der Waals surface area contributed by atoms with Gasteiger partial charge in [-0.1, -0.05) is 15.9 Å². The number of aromatic hydroxyl groups is 1. The van der Waals surface area contributed by atoms with E-state index in [9.17, 15) is 9.90 Å². The molecule has 0 aliphatic rings. The van der Waals surface area contributed by atoms with Gasteiger partial charge in [-0.3, -0.25) is 4.79 Å². The average Bonchev–Trinajstić information content (AvgIpc) is 2.09. The van der Waals surface area contributed by atoms with E-state index in [0.29, 0.717) is 10.0 Å². The van der Waals surface area contributed by atoms with Crippen LogP contribution < -0.4 is 0 Å². The van der Waals surface area contributed by atoms with E-state index < -0.39 is 0 Å². The molecule has 0 saturated heterocycles. The minimum atomic E-state index is -0.290. The standard InChI is InChI=1S/C10H10Br2O2/c1-5-3-7(9(13)6(2)11)10(14)8(12)4-5/h3-4,6,14H,1-2H3. The molecule has 1 rings (SSSR count). The van der Waals surface area contributed by atoms with Crippen molar-refractivity contribution in [1.82, 2.24) is 0 Å². The molecule has 1 N–H and O–H groups in total. The molecule has 2 nitrogen and oxygen atoms in total. The number of Topliss-reactive ketones (excluding diaryl/α,β-unsaturated/α-hetero) is 1. The van der Waals surface area contributed by atoms with E-state index in [1.165, 1.54) is 0 Å². The van der Waals surface area contributed by atoms with E-state index >= 15 is 0 Å². The van der Waals surface area contributed by atoms with Crippen LogP contribution in [0.3, 0.4) is 0 Å². The second-order valence-corrected chi connectivity index (χ2v) is 5.35. The van der Waals surface area contributed by atoms with Gasteiger partial charge in [0, 0.05) is 0 Å². The number of halogens is 2. The Morgan fingerprint density at radius 1 is 1.50 bits per heavy atom. The van der Waals surface area contributed by atoms with Crippen molar-refractivity contribution < 1.29 is 9.90 Å². The largest absolute Gasteiger partial charge is 0.506 e. The Labute approximate surface area is 99.6 Å². The molecule has 0 spiro atoms. The second kappa shape index (κ2) is 4.45. The molecule has 0 fully saturated rings. The van der Waals surface area contributed by atoms with Gasteiger partial charge in [0.25, 0.3) is 0 Å². The summed E-state index contributed by atoms with van der Waals surface area (Å²) in [5.74, 6) is -0.112. The SMILES string of the molecule is Cc1cc(Br)c(O)c(C(=O)C(C)Br)c1. The molecule has 4 heteroatoms. The zero-order valence-electron chi connectivity index (χ0n) is 7.84. The monoisotopic (exact) mass is 320 g/mol. The minimum Gasteiger partial charge on any atom is -0.506 e. The van der Waals surface area contributed by atoms with Crippen LogP contribution in [0.15, 0.2) is 16.6 Å². The molecule has 14 heavy (non-hydrogen) atoms. The fraction of sp³-hybridized carbons (Fsp3) is 0.300. The number of ketones is 1. The van der Waals surface area contributed by atoms with E-state index in [1.807, 2.05) is 6.92 Å². The van der Waals surface area contributed by atoms with Crippen LogP contribution in [0.1, 0.15) is 22.8 Å². The van der Waals surface area contributed by atoms with Crippen molar-refractivity contribution in [1.29, 1.82) is 0 Å². The third-order valence-electron chi connectivity index (χ3n) is 1.83. The summed E-state index contributed by atoms with van der Waals surface area (Å²) < 4.78 is 0.550. The maximum absolute atomic E-state index is 11.6. The van der Waals surface area contributed by atoms with Crippen LogP contribution in [0.4, 0.5) is 0 Å². The molecule has 0 aromatic heterocycles. The molecule has 1 atom stereocenters. The van der Waals surface area contributed by atoms with E-state index in [0.717, 1.165) is 5.56 Å².